The predicted molar refractivity (Wildman–Crippen MR) is 88.9 cm³/mol. The molecular formula is C17H15N5O3. The minimum Gasteiger partial charge on any atom is -0.485 e. The zero-order chi connectivity index (χ0) is 17.2. The van der Waals surface area contributed by atoms with E-state index < -0.39 is 6.10 Å². The van der Waals surface area contributed by atoms with Crippen molar-refractivity contribution >= 4 is 11.6 Å². The van der Waals surface area contributed by atoms with E-state index in [1.165, 1.54) is 0 Å². The fraction of sp³-hybridized carbons (Fsp3) is 0.176. The number of hydrogen-bond acceptors (Lipinski definition) is 6. The molecule has 0 saturated carbocycles. The highest BCUT2D eigenvalue weighted by Gasteiger charge is 2.27. The van der Waals surface area contributed by atoms with Crippen molar-refractivity contribution in [3.05, 3.63) is 54.4 Å². The van der Waals surface area contributed by atoms with E-state index in [0.29, 0.717) is 23.0 Å². The van der Waals surface area contributed by atoms with Gasteiger partial charge in [-0.1, -0.05) is 18.2 Å². The Morgan fingerprint density at radius 1 is 1.20 bits per heavy atom. The molecule has 1 N–H and O–H groups in total. The largest absolute Gasteiger partial charge is 0.485 e. The van der Waals surface area contributed by atoms with Crippen LogP contribution in [0.1, 0.15) is 5.82 Å². The number of fused-ring (bicyclic) bond motifs is 1. The molecule has 2 aromatic carbocycles. The van der Waals surface area contributed by atoms with Crippen LogP contribution in [-0.4, -0.2) is 38.8 Å². The molecule has 1 atom stereocenters. The number of anilines is 1. The van der Waals surface area contributed by atoms with Gasteiger partial charge in [0.2, 0.25) is 6.10 Å². The number of carbonyl (C=O) groups excluding carboxylic acids is 1. The van der Waals surface area contributed by atoms with Gasteiger partial charge in [-0.3, -0.25) is 4.79 Å². The minimum absolute atomic E-state index is 0.161. The van der Waals surface area contributed by atoms with Crippen LogP contribution in [0, 0.1) is 6.92 Å². The number of carbonyl (C=O) groups is 1. The van der Waals surface area contributed by atoms with E-state index in [1.54, 1.807) is 35.9 Å². The van der Waals surface area contributed by atoms with Crippen LogP contribution >= 0.6 is 0 Å². The molecule has 126 valence electrons. The first-order chi connectivity index (χ1) is 12.2. The van der Waals surface area contributed by atoms with Gasteiger partial charge in [0.15, 0.2) is 17.3 Å². The second kappa shape index (κ2) is 6.23. The van der Waals surface area contributed by atoms with Gasteiger partial charge in [0.1, 0.15) is 6.61 Å². The Hall–Kier alpha value is -3.42. The molecule has 3 aromatic rings. The van der Waals surface area contributed by atoms with Crippen LogP contribution in [0.4, 0.5) is 5.69 Å². The second-order valence-electron chi connectivity index (χ2n) is 5.54. The molecule has 8 heteroatoms. The summed E-state index contributed by atoms with van der Waals surface area (Å²) >= 11 is 0. The Morgan fingerprint density at radius 3 is 2.84 bits per heavy atom. The van der Waals surface area contributed by atoms with Gasteiger partial charge < -0.3 is 14.8 Å². The number of para-hydroxylation sites is 2. The molecule has 0 spiro atoms. The molecule has 2 heterocycles. The van der Waals surface area contributed by atoms with Gasteiger partial charge in [-0.05, 0) is 47.7 Å². The summed E-state index contributed by atoms with van der Waals surface area (Å²) in [4.78, 5) is 12.5. The van der Waals surface area contributed by atoms with Crippen molar-refractivity contribution in [2.75, 3.05) is 11.9 Å². The lowest BCUT2D eigenvalue weighted by Gasteiger charge is -2.25. The Bertz CT molecular complexity index is 924. The molecule has 4 rings (SSSR count). The van der Waals surface area contributed by atoms with Crippen LogP contribution in [0.3, 0.4) is 0 Å². The van der Waals surface area contributed by atoms with Crippen molar-refractivity contribution in [2.24, 2.45) is 0 Å². The lowest BCUT2D eigenvalue weighted by molar-refractivity contribution is -0.125. The van der Waals surface area contributed by atoms with Crippen molar-refractivity contribution < 1.29 is 14.3 Å². The maximum Gasteiger partial charge on any atom is 0.269 e. The number of ether oxygens (including phenoxy) is 2. The quantitative estimate of drug-likeness (QED) is 0.783. The number of rotatable bonds is 3. The molecule has 1 aromatic heterocycles. The third-order valence-electron chi connectivity index (χ3n) is 3.78. The molecular weight excluding hydrogens is 322 g/mol. The van der Waals surface area contributed by atoms with Gasteiger partial charge in [-0.25, -0.2) is 0 Å². The lowest BCUT2D eigenvalue weighted by atomic mass is 10.2. The number of nitrogens with one attached hydrogen (secondary N) is 1. The molecule has 1 aliphatic rings. The van der Waals surface area contributed by atoms with E-state index in [1.807, 2.05) is 24.3 Å². The molecule has 1 amide bonds. The highest BCUT2D eigenvalue weighted by atomic mass is 16.6. The lowest BCUT2D eigenvalue weighted by Crippen LogP contribution is -2.40. The fourth-order valence-corrected chi connectivity index (χ4v) is 2.56. The van der Waals surface area contributed by atoms with E-state index in [2.05, 4.69) is 20.8 Å². The Morgan fingerprint density at radius 2 is 2.04 bits per heavy atom. The number of tetrazole rings is 1. The van der Waals surface area contributed by atoms with Gasteiger partial charge in [-0.2, -0.15) is 4.68 Å². The predicted octanol–water partition coefficient (Wildman–Crippen LogP) is 1.75. The minimum atomic E-state index is -0.715. The monoisotopic (exact) mass is 337 g/mol. The molecule has 25 heavy (non-hydrogen) atoms. The zero-order valence-electron chi connectivity index (χ0n) is 13.4. The van der Waals surface area contributed by atoms with Gasteiger partial charge in [0.25, 0.3) is 5.91 Å². The third-order valence-corrected chi connectivity index (χ3v) is 3.78. The molecule has 1 aliphatic heterocycles. The van der Waals surface area contributed by atoms with Crippen LogP contribution in [0.2, 0.25) is 0 Å². The first kappa shape index (κ1) is 15.1. The van der Waals surface area contributed by atoms with Crippen molar-refractivity contribution in [2.45, 2.75) is 13.0 Å². The molecule has 0 radical (unpaired) electrons. The van der Waals surface area contributed by atoms with E-state index >= 15 is 0 Å². The maximum absolute atomic E-state index is 12.5. The van der Waals surface area contributed by atoms with E-state index in [0.717, 1.165) is 5.69 Å². The average molecular weight is 337 g/mol. The fourth-order valence-electron chi connectivity index (χ4n) is 2.56. The summed E-state index contributed by atoms with van der Waals surface area (Å²) in [6.07, 6.45) is -0.715. The van der Waals surface area contributed by atoms with Crippen molar-refractivity contribution in [1.82, 2.24) is 20.2 Å². The SMILES string of the molecule is Cc1nnnn1-c1cccc(NC(=O)C2COc3ccccc3O2)c1. The first-order valence-corrected chi connectivity index (χ1v) is 7.75. The van der Waals surface area contributed by atoms with E-state index in [-0.39, 0.29) is 12.5 Å². The average Bonchev–Trinajstić information content (AvgIpc) is 3.07. The molecule has 0 saturated heterocycles. The summed E-state index contributed by atoms with van der Waals surface area (Å²) < 4.78 is 12.9. The zero-order valence-corrected chi connectivity index (χ0v) is 13.4. The van der Waals surface area contributed by atoms with Gasteiger partial charge in [0.05, 0.1) is 5.69 Å². The second-order valence-corrected chi connectivity index (χ2v) is 5.54. The number of benzene rings is 2. The van der Waals surface area contributed by atoms with Crippen molar-refractivity contribution in [3.63, 3.8) is 0 Å². The number of aryl methyl sites for hydroxylation is 1. The summed E-state index contributed by atoms with van der Waals surface area (Å²) in [5.74, 6) is 1.58. The van der Waals surface area contributed by atoms with Crippen LogP contribution in [-0.2, 0) is 4.79 Å². The number of nitrogens with zero attached hydrogens (tertiary/aromatic N) is 4. The smallest absolute Gasteiger partial charge is 0.269 e. The summed E-state index contributed by atoms with van der Waals surface area (Å²) in [6.45, 7) is 1.96. The van der Waals surface area contributed by atoms with Crippen LogP contribution < -0.4 is 14.8 Å². The van der Waals surface area contributed by atoms with Crippen molar-refractivity contribution in [1.29, 1.82) is 0 Å². The standard InChI is InChI=1S/C17H15N5O3/c1-11-19-20-21-22(11)13-6-4-5-12(9-13)18-17(23)16-10-24-14-7-2-3-8-15(14)25-16/h2-9,16H,10H2,1H3,(H,18,23). The van der Waals surface area contributed by atoms with E-state index in [9.17, 15) is 4.79 Å². The van der Waals surface area contributed by atoms with E-state index in [4.69, 9.17) is 9.47 Å². The number of aromatic nitrogens is 4. The third kappa shape index (κ3) is 3.01. The van der Waals surface area contributed by atoms with Crippen LogP contribution in [0.15, 0.2) is 48.5 Å². The molecule has 0 bridgehead atoms. The highest BCUT2D eigenvalue weighted by molar-refractivity contribution is 5.95. The summed E-state index contributed by atoms with van der Waals surface area (Å²) in [5, 5.41) is 14.2. The summed E-state index contributed by atoms with van der Waals surface area (Å²) in [7, 11) is 0. The molecule has 1 unspecified atom stereocenters. The topological polar surface area (TPSA) is 91.2 Å². The van der Waals surface area contributed by atoms with Gasteiger partial charge >= 0.3 is 0 Å². The Balaban J connectivity index is 1.49. The van der Waals surface area contributed by atoms with Gasteiger partial charge in [-0.15, -0.1) is 5.10 Å². The number of hydrogen-bond donors (Lipinski definition) is 1. The first-order valence-electron chi connectivity index (χ1n) is 7.75. The van der Waals surface area contributed by atoms with Gasteiger partial charge in [0, 0.05) is 5.69 Å². The molecule has 8 nitrogen and oxygen atoms in total. The Kier molecular flexibility index (Phi) is 3.77. The van der Waals surface area contributed by atoms with Crippen molar-refractivity contribution in [3.8, 4) is 17.2 Å². The normalized spacial score (nSPS) is 15.6. The molecule has 0 fully saturated rings. The van der Waals surface area contributed by atoms with Crippen LogP contribution in [0.25, 0.3) is 5.69 Å². The number of amides is 1. The summed E-state index contributed by atoms with van der Waals surface area (Å²) in [6, 6.07) is 14.5. The molecule has 0 aliphatic carbocycles. The maximum atomic E-state index is 12.5. The highest BCUT2D eigenvalue weighted by Crippen LogP contribution is 2.31. The van der Waals surface area contributed by atoms with Crippen LogP contribution in [0.5, 0.6) is 11.5 Å². The summed E-state index contributed by atoms with van der Waals surface area (Å²) in [5.41, 5.74) is 1.38. The Labute approximate surface area is 143 Å².